The normalized spacial score (nSPS) is 16.9. The standard InChI is InChI=1S/C28H26Cl2N2O4/c1-4-31(5-2)20-12-9-17(10-13-20)25-24(26(33)18-11-14-22(30)23(15-18)36-3)27(34)28(35)32(25)21-8-6-7-19(29)16-21/h6-16,25,33H,4-5H2,1-3H3/b26-24+. The van der Waals surface area contributed by atoms with Gasteiger partial charge in [0.2, 0.25) is 0 Å². The number of aliphatic hydroxyl groups is 1. The average molecular weight is 525 g/mol. The van der Waals surface area contributed by atoms with E-state index in [0.717, 1.165) is 18.8 Å². The third kappa shape index (κ3) is 4.66. The zero-order chi connectivity index (χ0) is 26.0. The summed E-state index contributed by atoms with van der Waals surface area (Å²) in [5.41, 5.74) is 2.43. The van der Waals surface area contributed by atoms with Crippen LogP contribution in [0.15, 0.2) is 72.3 Å². The van der Waals surface area contributed by atoms with Crippen molar-refractivity contribution in [3.8, 4) is 5.75 Å². The first-order valence-electron chi connectivity index (χ1n) is 11.6. The molecule has 1 amide bonds. The topological polar surface area (TPSA) is 70.1 Å². The molecule has 186 valence electrons. The molecule has 4 rings (SSSR count). The van der Waals surface area contributed by atoms with E-state index in [2.05, 4.69) is 18.7 Å². The number of carbonyl (C=O) groups is 2. The average Bonchev–Trinajstić information content (AvgIpc) is 3.15. The maximum Gasteiger partial charge on any atom is 0.300 e. The van der Waals surface area contributed by atoms with Crippen LogP contribution in [0.1, 0.15) is 31.0 Å². The molecule has 0 aromatic heterocycles. The summed E-state index contributed by atoms with van der Waals surface area (Å²) in [4.78, 5) is 30.2. The van der Waals surface area contributed by atoms with Crippen molar-refractivity contribution in [3.63, 3.8) is 0 Å². The number of nitrogens with zero attached hydrogens (tertiary/aromatic N) is 2. The van der Waals surface area contributed by atoms with Crippen LogP contribution in [-0.4, -0.2) is 37.0 Å². The number of ketones is 1. The number of methoxy groups -OCH3 is 1. The second-order valence-electron chi connectivity index (χ2n) is 8.26. The molecule has 8 heteroatoms. The molecule has 1 heterocycles. The number of ether oxygens (including phenoxy) is 1. The first kappa shape index (κ1) is 25.6. The summed E-state index contributed by atoms with van der Waals surface area (Å²) in [5.74, 6) is -1.52. The number of hydrogen-bond acceptors (Lipinski definition) is 5. The zero-order valence-corrected chi connectivity index (χ0v) is 21.7. The maximum absolute atomic E-state index is 13.4. The van der Waals surface area contributed by atoms with Gasteiger partial charge in [0.05, 0.1) is 23.7 Å². The minimum Gasteiger partial charge on any atom is -0.507 e. The predicted octanol–water partition coefficient (Wildman–Crippen LogP) is 6.47. The molecule has 0 spiro atoms. The van der Waals surface area contributed by atoms with Gasteiger partial charge in [-0.05, 0) is 67.9 Å². The molecule has 1 fully saturated rings. The summed E-state index contributed by atoms with van der Waals surface area (Å²) in [5, 5.41) is 12.1. The quantitative estimate of drug-likeness (QED) is 0.217. The number of rotatable bonds is 7. The lowest BCUT2D eigenvalue weighted by Gasteiger charge is -2.27. The molecule has 0 bridgehead atoms. The summed E-state index contributed by atoms with van der Waals surface area (Å²) >= 11 is 12.4. The number of benzene rings is 3. The van der Waals surface area contributed by atoms with Gasteiger partial charge in [-0.2, -0.15) is 0 Å². The number of amides is 1. The minimum atomic E-state index is -0.865. The summed E-state index contributed by atoms with van der Waals surface area (Å²) < 4.78 is 5.27. The second-order valence-corrected chi connectivity index (χ2v) is 9.11. The number of carbonyl (C=O) groups excluding carboxylic acids is 2. The highest BCUT2D eigenvalue weighted by atomic mass is 35.5. The Morgan fingerprint density at radius 1 is 1.00 bits per heavy atom. The van der Waals surface area contributed by atoms with Gasteiger partial charge in [0, 0.05) is 35.1 Å². The first-order chi connectivity index (χ1) is 17.3. The van der Waals surface area contributed by atoms with Crippen LogP contribution in [-0.2, 0) is 9.59 Å². The van der Waals surface area contributed by atoms with Crippen LogP contribution >= 0.6 is 23.2 Å². The molecule has 1 unspecified atom stereocenters. The van der Waals surface area contributed by atoms with Gasteiger partial charge in [-0.1, -0.05) is 41.4 Å². The fourth-order valence-electron chi connectivity index (χ4n) is 4.46. The number of hydrogen-bond donors (Lipinski definition) is 1. The fourth-order valence-corrected chi connectivity index (χ4v) is 4.84. The molecule has 1 aliphatic heterocycles. The highest BCUT2D eigenvalue weighted by molar-refractivity contribution is 6.51. The smallest absolute Gasteiger partial charge is 0.300 e. The van der Waals surface area contributed by atoms with Crippen LogP contribution in [0, 0.1) is 0 Å². The van der Waals surface area contributed by atoms with Crippen molar-refractivity contribution >= 4 is 52.0 Å². The van der Waals surface area contributed by atoms with Gasteiger partial charge in [0.1, 0.15) is 11.5 Å². The molecule has 3 aromatic carbocycles. The second kappa shape index (κ2) is 10.6. The molecule has 0 aliphatic carbocycles. The van der Waals surface area contributed by atoms with Gasteiger partial charge in [0.15, 0.2) is 0 Å². The first-order valence-corrected chi connectivity index (χ1v) is 12.3. The van der Waals surface area contributed by atoms with Crippen LogP contribution in [0.5, 0.6) is 5.75 Å². The SMILES string of the molecule is CCN(CC)c1ccc(C2/C(=C(\O)c3ccc(Cl)c(OC)c3)C(=O)C(=O)N2c2cccc(Cl)c2)cc1. The third-order valence-electron chi connectivity index (χ3n) is 6.29. The van der Waals surface area contributed by atoms with Crippen molar-refractivity contribution < 1.29 is 19.4 Å². The maximum atomic E-state index is 13.4. The summed E-state index contributed by atoms with van der Waals surface area (Å²) in [6, 6.07) is 18.2. The van der Waals surface area contributed by atoms with E-state index in [9.17, 15) is 14.7 Å². The molecule has 0 saturated carbocycles. The van der Waals surface area contributed by atoms with Gasteiger partial charge in [0.25, 0.3) is 11.7 Å². The van der Waals surface area contributed by atoms with Crippen LogP contribution in [0.4, 0.5) is 11.4 Å². The molecule has 1 atom stereocenters. The van der Waals surface area contributed by atoms with Crippen molar-refractivity contribution in [2.24, 2.45) is 0 Å². The van der Waals surface area contributed by atoms with Gasteiger partial charge >= 0.3 is 0 Å². The fraction of sp³-hybridized carbons (Fsp3) is 0.214. The highest BCUT2D eigenvalue weighted by Gasteiger charge is 2.47. The van der Waals surface area contributed by atoms with E-state index in [4.69, 9.17) is 27.9 Å². The van der Waals surface area contributed by atoms with E-state index in [0.29, 0.717) is 32.6 Å². The van der Waals surface area contributed by atoms with E-state index < -0.39 is 17.7 Å². The number of halogens is 2. The van der Waals surface area contributed by atoms with E-state index in [-0.39, 0.29) is 11.3 Å². The number of Topliss-reactive ketones (excluding diaryl/α,β-unsaturated/α-hetero) is 1. The summed E-state index contributed by atoms with van der Waals surface area (Å²) in [7, 11) is 1.46. The molecular formula is C28H26Cl2N2O4. The van der Waals surface area contributed by atoms with E-state index >= 15 is 0 Å². The van der Waals surface area contributed by atoms with Crippen molar-refractivity contribution in [1.29, 1.82) is 0 Å². The van der Waals surface area contributed by atoms with Crippen LogP contribution in [0.25, 0.3) is 5.76 Å². The number of anilines is 2. The minimum absolute atomic E-state index is 0.0278. The molecule has 6 nitrogen and oxygen atoms in total. The summed E-state index contributed by atoms with van der Waals surface area (Å²) in [6.07, 6.45) is 0. The Morgan fingerprint density at radius 2 is 1.69 bits per heavy atom. The largest absolute Gasteiger partial charge is 0.507 e. The van der Waals surface area contributed by atoms with E-state index in [1.54, 1.807) is 36.4 Å². The lowest BCUT2D eigenvalue weighted by Crippen LogP contribution is -2.29. The van der Waals surface area contributed by atoms with E-state index in [1.165, 1.54) is 18.1 Å². The zero-order valence-electron chi connectivity index (χ0n) is 20.2. The van der Waals surface area contributed by atoms with Gasteiger partial charge in [-0.3, -0.25) is 14.5 Å². The van der Waals surface area contributed by atoms with Gasteiger partial charge < -0.3 is 14.7 Å². The molecule has 0 radical (unpaired) electrons. The van der Waals surface area contributed by atoms with Crippen molar-refractivity contribution in [1.82, 2.24) is 0 Å². The lowest BCUT2D eigenvalue weighted by atomic mass is 9.94. The number of aliphatic hydroxyl groups excluding tert-OH is 1. The third-order valence-corrected chi connectivity index (χ3v) is 6.84. The highest BCUT2D eigenvalue weighted by Crippen LogP contribution is 2.43. The Kier molecular flexibility index (Phi) is 7.57. The van der Waals surface area contributed by atoms with Gasteiger partial charge in [-0.25, -0.2) is 0 Å². The van der Waals surface area contributed by atoms with E-state index in [1.807, 2.05) is 24.3 Å². The molecule has 3 aromatic rings. The summed E-state index contributed by atoms with van der Waals surface area (Å²) in [6.45, 7) is 5.84. The van der Waals surface area contributed by atoms with Crippen molar-refractivity contribution in [3.05, 3.63) is 93.5 Å². The molecule has 1 saturated heterocycles. The monoisotopic (exact) mass is 524 g/mol. The van der Waals surface area contributed by atoms with Crippen LogP contribution in [0.2, 0.25) is 10.0 Å². The van der Waals surface area contributed by atoms with Crippen molar-refractivity contribution in [2.75, 3.05) is 30.0 Å². The molecule has 1 N–H and O–H groups in total. The molecule has 36 heavy (non-hydrogen) atoms. The molecule has 1 aliphatic rings. The Labute approximate surface area is 220 Å². The Hall–Kier alpha value is -3.48. The van der Waals surface area contributed by atoms with Crippen LogP contribution < -0.4 is 14.5 Å². The molecular weight excluding hydrogens is 499 g/mol. The lowest BCUT2D eigenvalue weighted by molar-refractivity contribution is -0.132. The predicted molar refractivity (Wildman–Crippen MR) is 144 cm³/mol. The van der Waals surface area contributed by atoms with Crippen molar-refractivity contribution in [2.45, 2.75) is 19.9 Å². The Balaban J connectivity index is 1.91. The van der Waals surface area contributed by atoms with Gasteiger partial charge in [-0.15, -0.1) is 0 Å². The Morgan fingerprint density at radius 3 is 2.31 bits per heavy atom. The Bertz CT molecular complexity index is 1330. The van der Waals surface area contributed by atoms with Crippen LogP contribution in [0.3, 0.4) is 0 Å².